The summed E-state index contributed by atoms with van der Waals surface area (Å²) in [6.45, 7) is 6.35. The molecule has 0 radical (unpaired) electrons. The number of nitrogens with one attached hydrogen (secondary N) is 1. The molecule has 4 amide bonds. The van der Waals surface area contributed by atoms with Gasteiger partial charge in [0.2, 0.25) is 5.91 Å². The van der Waals surface area contributed by atoms with Crippen molar-refractivity contribution < 1.29 is 14.4 Å². The van der Waals surface area contributed by atoms with Crippen LogP contribution in [0, 0.1) is 12.8 Å². The van der Waals surface area contributed by atoms with Gasteiger partial charge in [-0.1, -0.05) is 12.1 Å². The van der Waals surface area contributed by atoms with E-state index in [1.165, 1.54) is 5.56 Å². The molecule has 1 aromatic rings. The summed E-state index contributed by atoms with van der Waals surface area (Å²) in [5.74, 6) is -0.226. The van der Waals surface area contributed by atoms with E-state index < -0.39 is 11.6 Å². The molecule has 27 heavy (non-hydrogen) atoms. The topological polar surface area (TPSA) is 73.0 Å². The Morgan fingerprint density at radius 3 is 2.52 bits per heavy atom. The fourth-order valence-electron chi connectivity index (χ4n) is 4.07. The third-order valence-electron chi connectivity index (χ3n) is 5.99. The van der Waals surface area contributed by atoms with Crippen molar-refractivity contribution in [1.29, 1.82) is 0 Å². The fourth-order valence-corrected chi connectivity index (χ4v) is 4.07. The summed E-state index contributed by atoms with van der Waals surface area (Å²) in [5, 5.41) is 2.79. The van der Waals surface area contributed by atoms with Gasteiger partial charge in [0.25, 0.3) is 5.91 Å². The number of hydrogen-bond donors (Lipinski definition) is 1. The van der Waals surface area contributed by atoms with Gasteiger partial charge in [-0.25, -0.2) is 4.79 Å². The second kappa shape index (κ2) is 6.55. The summed E-state index contributed by atoms with van der Waals surface area (Å²) in [6, 6.07) is 7.88. The van der Waals surface area contributed by atoms with Gasteiger partial charge in [0.15, 0.2) is 0 Å². The van der Waals surface area contributed by atoms with Crippen LogP contribution in [0.15, 0.2) is 24.3 Å². The summed E-state index contributed by atoms with van der Waals surface area (Å²) in [7, 11) is 0. The first-order valence-electron chi connectivity index (χ1n) is 9.62. The van der Waals surface area contributed by atoms with Gasteiger partial charge >= 0.3 is 6.03 Å². The Morgan fingerprint density at radius 1 is 1.19 bits per heavy atom. The van der Waals surface area contributed by atoms with E-state index in [0.717, 1.165) is 36.5 Å². The van der Waals surface area contributed by atoms with Gasteiger partial charge in [-0.3, -0.25) is 14.5 Å². The number of benzene rings is 1. The third kappa shape index (κ3) is 3.26. The highest BCUT2D eigenvalue weighted by atomic mass is 16.2. The molecule has 7 nitrogen and oxygen atoms in total. The maximum Gasteiger partial charge on any atom is 0.325 e. The second-order valence-corrected chi connectivity index (χ2v) is 8.00. The second-order valence-electron chi connectivity index (χ2n) is 8.00. The molecule has 1 saturated carbocycles. The average molecular weight is 370 g/mol. The molecule has 0 bridgehead atoms. The number of hydrogen-bond acceptors (Lipinski definition) is 4. The van der Waals surface area contributed by atoms with Crippen LogP contribution in [0.3, 0.4) is 0 Å². The van der Waals surface area contributed by atoms with Crippen LogP contribution in [-0.2, 0) is 9.59 Å². The number of amides is 4. The highest BCUT2D eigenvalue weighted by Gasteiger charge is 2.56. The Balaban J connectivity index is 1.35. The van der Waals surface area contributed by atoms with Crippen LogP contribution in [0.2, 0.25) is 0 Å². The van der Waals surface area contributed by atoms with Crippen LogP contribution in [0.25, 0.3) is 0 Å². The Labute approximate surface area is 159 Å². The molecule has 4 rings (SSSR count). The van der Waals surface area contributed by atoms with Crippen LogP contribution in [-0.4, -0.2) is 65.9 Å². The monoisotopic (exact) mass is 370 g/mol. The lowest BCUT2D eigenvalue weighted by atomic mass is 9.96. The van der Waals surface area contributed by atoms with E-state index >= 15 is 0 Å². The van der Waals surface area contributed by atoms with Crippen LogP contribution in [0.1, 0.15) is 25.3 Å². The summed E-state index contributed by atoms with van der Waals surface area (Å²) < 4.78 is 0. The van der Waals surface area contributed by atoms with Crippen molar-refractivity contribution in [3.05, 3.63) is 29.8 Å². The van der Waals surface area contributed by atoms with Gasteiger partial charge in [0.1, 0.15) is 12.1 Å². The zero-order chi connectivity index (χ0) is 19.2. The standard InChI is InChI=1S/C20H26N4O3/c1-14-4-3-5-16(12-14)22-8-10-23(11-9-22)17(25)13-24-18(26)20(2,15-6-7-15)21-19(24)27/h3-5,12,15H,6-11,13H2,1-2H3,(H,21,27). The summed E-state index contributed by atoms with van der Waals surface area (Å²) in [4.78, 5) is 42.7. The lowest BCUT2D eigenvalue weighted by molar-refractivity contribution is -0.139. The number of anilines is 1. The zero-order valence-corrected chi connectivity index (χ0v) is 15.9. The fraction of sp³-hybridized carbons (Fsp3) is 0.550. The van der Waals surface area contributed by atoms with Crippen LogP contribution in [0.4, 0.5) is 10.5 Å². The normalized spacial score (nSPS) is 25.8. The molecular weight excluding hydrogens is 344 g/mol. The van der Waals surface area contributed by atoms with Crippen LogP contribution < -0.4 is 10.2 Å². The van der Waals surface area contributed by atoms with Crippen molar-refractivity contribution in [2.45, 2.75) is 32.2 Å². The molecule has 0 aromatic heterocycles. The molecule has 3 fully saturated rings. The molecule has 144 valence electrons. The predicted octanol–water partition coefficient (Wildman–Crippen LogP) is 1.36. The van der Waals surface area contributed by atoms with Crippen molar-refractivity contribution in [1.82, 2.24) is 15.1 Å². The first kappa shape index (κ1) is 17.8. The number of carbonyl (C=O) groups excluding carboxylic acids is 3. The lowest BCUT2D eigenvalue weighted by Gasteiger charge is -2.36. The van der Waals surface area contributed by atoms with Crippen LogP contribution in [0.5, 0.6) is 0 Å². The minimum atomic E-state index is -0.832. The Bertz CT molecular complexity index is 783. The van der Waals surface area contributed by atoms with E-state index in [9.17, 15) is 14.4 Å². The van der Waals surface area contributed by atoms with E-state index in [-0.39, 0.29) is 24.3 Å². The number of carbonyl (C=O) groups is 3. The molecule has 0 spiro atoms. The van der Waals surface area contributed by atoms with E-state index in [1.54, 1.807) is 11.8 Å². The van der Waals surface area contributed by atoms with Gasteiger partial charge < -0.3 is 15.1 Å². The van der Waals surface area contributed by atoms with Gasteiger partial charge in [0.05, 0.1) is 0 Å². The molecule has 1 N–H and O–H groups in total. The molecule has 2 aliphatic heterocycles. The minimum absolute atomic E-state index is 0.164. The van der Waals surface area contributed by atoms with E-state index in [4.69, 9.17) is 0 Å². The predicted molar refractivity (Wildman–Crippen MR) is 101 cm³/mol. The third-order valence-corrected chi connectivity index (χ3v) is 5.99. The van der Waals surface area contributed by atoms with Crippen molar-refractivity contribution in [2.75, 3.05) is 37.6 Å². The number of aryl methyl sites for hydroxylation is 1. The molecule has 1 atom stereocenters. The van der Waals surface area contributed by atoms with Crippen LogP contribution >= 0.6 is 0 Å². The molecule has 1 aromatic carbocycles. The number of nitrogens with zero attached hydrogens (tertiary/aromatic N) is 3. The Hall–Kier alpha value is -2.57. The van der Waals surface area contributed by atoms with Crippen molar-refractivity contribution in [3.63, 3.8) is 0 Å². The summed E-state index contributed by atoms with van der Waals surface area (Å²) >= 11 is 0. The van der Waals surface area contributed by atoms with Gasteiger partial charge in [-0.15, -0.1) is 0 Å². The first-order chi connectivity index (χ1) is 12.9. The Morgan fingerprint density at radius 2 is 1.89 bits per heavy atom. The Kier molecular flexibility index (Phi) is 4.32. The largest absolute Gasteiger partial charge is 0.368 e. The number of urea groups is 1. The number of imide groups is 1. The van der Waals surface area contributed by atoms with Gasteiger partial charge in [0, 0.05) is 31.9 Å². The average Bonchev–Trinajstić information content (AvgIpc) is 3.48. The molecule has 1 aliphatic carbocycles. The maximum atomic E-state index is 12.7. The molecule has 7 heteroatoms. The smallest absolute Gasteiger partial charge is 0.325 e. The van der Waals surface area contributed by atoms with Gasteiger partial charge in [-0.05, 0) is 50.3 Å². The molecule has 2 heterocycles. The van der Waals surface area contributed by atoms with Crippen molar-refractivity contribution in [2.24, 2.45) is 5.92 Å². The SMILES string of the molecule is Cc1cccc(N2CCN(C(=O)CN3C(=O)NC(C)(C4CC4)C3=O)CC2)c1. The first-order valence-corrected chi connectivity index (χ1v) is 9.62. The summed E-state index contributed by atoms with van der Waals surface area (Å²) in [5.41, 5.74) is 1.54. The van der Waals surface area contributed by atoms with E-state index in [1.807, 2.05) is 6.07 Å². The highest BCUT2D eigenvalue weighted by molar-refractivity contribution is 6.09. The van der Waals surface area contributed by atoms with Gasteiger partial charge in [-0.2, -0.15) is 0 Å². The minimum Gasteiger partial charge on any atom is -0.368 e. The van der Waals surface area contributed by atoms with Crippen molar-refractivity contribution in [3.8, 4) is 0 Å². The van der Waals surface area contributed by atoms with Crippen molar-refractivity contribution >= 4 is 23.5 Å². The highest BCUT2D eigenvalue weighted by Crippen LogP contribution is 2.42. The summed E-state index contributed by atoms with van der Waals surface area (Å²) in [6.07, 6.45) is 1.90. The molecule has 3 aliphatic rings. The molecule has 1 unspecified atom stereocenters. The zero-order valence-electron chi connectivity index (χ0n) is 15.9. The lowest BCUT2D eigenvalue weighted by Crippen LogP contribution is -2.52. The van der Waals surface area contributed by atoms with E-state index in [2.05, 4.69) is 35.3 Å². The number of piperazine rings is 1. The quantitative estimate of drug-likeness (QED) is 0.813. The maximum absolute atomic E-state index is 12.7. The molecule has 2 saturated heterocycles. The van der Waals surface area contributed by atoms with E-state index in [0.29, 0.717) is 13.1 Å². The molecular formula is C20H26N4O3. The number of rotatable bonds is 4.